The Morgan fingerprint density at radius 3 is 2.50 bits per heavy atom. The van der Waals surface area contributed by atoms with E-state index in [1.165, 1.54) is 6.08 Å². The van der Waals surface area contributed by atoms with Gasteiger partial charge in [-0.05, 0) is 6.42 Å². The van der Waals surface area contributed by atoms with Gasteiger partial charge < -0.3 is 10.8 Å². The Bertz CT molecular complexity index is 198. The Morgan fingerprint density at radius 2 is 2.17 bits per heavy atom. The zero-order chi connectivity index (χ0) is 9.56. The van der Waals surface area contributed by atoms with E-state index in [2.05, 4.69) is 0 Å². The van der Waals surface area contributed by atoms with Gasteiger partial charge in [0.05, 0.1) is 12.3 Å². The molecule has 0 aromatic heterocycles. The zero-order valence-corrected chi connectivity index (χ0v) is 6.99. The second-order valence-electron chi connectivity index (χ2n) is 2.44. The van der Waals surface area contributed by atoms with Crippen LogP contribution in [0, 0.1) is 5.92 Å². The fraction of sp³-hybridized carbons (Fsp3) is 0.500. The fourth-order valence-corrected chi connectivity index (χ4v) is 0.752. The number of allylic oxidation sites excluding steroid dienone is 1. The number of carboxylic acid groups (broad SMARTS) is 1. The summed E-state index contributed by atoms with van der Waals surface area (Å²) in [6.45, 7) is 1.90. The molecule has 1 unspecified atom stereocenters. The highest BCUT2D eigenvalue weighted by molar-refractivity contribution is 5.83. The molecule has 0 saturated heterocycles. The van der Waals surface area contributed by atoms with Crippen molar-refractivity contribution < 1.29 is 14.7 Å². The highest BCUT2D eigenvalue weighted by atomic mass is 16.4. The van der Waals surface area contributed by atoms with Crippen molar-refractivity contribution in [3.63, 3.8) is 0 Å². The number of rotatable bonds is 5. The zero-order valence-electron chi connectivity index (χ0n) is 6.99. The van der Waals surface area contributed by atoms with Crippen molar-refractivity contribution in [2.24, 2.45) is 11.7 Å². The first-order valence-electron chi connectivity index (χ1n) is 3.75. The van der Waals surface area contributed by atoms with Gasteiger partial charge in [0.15, 0.2) is 0 Å². The molecule has 0 saturated carbocycles. The van der Waals surface area contributed by atoms with Crippen LogP contribution < -0.4 is 5.73 Å². The molecule has 1 atom stereocenters. The number of amides is 1. The first-order valence-corrected chi connectivity index (χ1v) is 3.75. The third-order valence-corrected chi connectivity index (χ3v) is 1.36. The minimum absolute atomic E-state index is 0.230. The van der Waals surface area contributed by atoms with Crippen LogP contribution in [0.5, 0.6) is 0 Å². The van der Waals surface area contributed by atoms with Gasteiger partial charge in [-0.1, -0.05) is 19.1 Å². The van der Waals surface area contributed by atoms with Gasteiger partial charge >= 0.3 is 5.97 Å². The number of carbonyl (C=O) groups excluding carboxylic acids is 1. The van der Waals surface area contributed by atoms with Crippen molar-refractivity contribution in [2.75, 3.05) is 0 Å². The molecule has 1 amide bonds. The van der Waals surface area contributed by atoms with Crippen molar-refractivity contribution in [1.29, 1.82) is 0 Å². The third-order valence-electron chi connectivity index (χ3n) is 1.36. The van der Waals surface area contributed by atoms with Crippen LogP contribution in [0.2, 0.25) is 0 Å². The summed E-state index contributed by atoms with van der Waals surface area (Å²) in [5, 5.41) is 8.39. The van der Waals surface area contributed by atoms with E-state index in [9.17, 15) is 9.59 Å². The minimum Gasteiger partial charge on any atom is -0.481 e. The van der Waals surface area contributed by atoms with E-state index in [0.717, 1.165) is 6.42 Å². The molecule has 0 bridgehead atoms. The van der Waals surface area contributed by atoms with E-state index >= 15 is 0 Å². The molecule has 0 fully saturated rings. The lowest BCUT2D eigenvalue weighted by Crippen LogP contribution is -2.23. The molecule has 0 aromatic carbocycles. The van der Waals surface area contributed by atoms with Crippen LogP contribution >= 0.6 is 0 Å². The van der Waals surface area contributed by atoms with Crippen LogP contribution in [0.15, 0.2) is 12.2 Å². The van der Waals surface area contributed by atoms with Gasteiger partial charge in [0.2, 0.25) is 5.91 Å². The largest absolute Gasteiger partial charge is 0.481 e. The molecule has 0 rings (SSSR count). The van der Waals surface area contributed by atoms with Crippen LogP contribution in [-0.2, 0) is 9.59 Å². The van der Waals surface area contributed by atoms with Crippen molar-refractivity contribution >= 4 is 11.9 Å². The summed E-state index contributed by atoms with van der Waals surface area (Å²) in [7, 11) is 0. The average molecular weight is 171 g/mol. The molecule has 0 heterocycles. The number of aliphatic carboxylic acids is 1. The molecule has 68 valence electrons. The standard InChI is InChI=1S/C8H13NO3/c1-2-3-4-6(8(9)12)5-7(10)11/h3-4,6H,2,5H2,1H3,(H2,9,12)(H,10,11)/b4-3+. The molecule has 0 aliphatic heterocycles. The molecule has 12 heavy (non-hydrogen) atoms. The van der Waals surface area contributed by atoms with Gasteiger partial charge in [-0.3, -0.25) is 9.59 Å². The van der Waals surface area contributed by atoms with Gasteiger partial charge in [-0.15, -0.1) is 0 Å². The lowest BCUT2D eigenvalue weighted by atomic mass is 10.0. The Morgan fingerprint density at radius 1 is 1.58 bits per heavy atom. The van der Waals surface area contributed by atoms with Crippen LogP contribution in [0.1, 0.15) is 19.8 Å². The lowest BCUT2D eigenvalue weighted by Gasteiger charge is -2.03. The molecular formula is C8H13NO3. The molecule has 0 aromatic rings. The van der Waals surface area contributed by atoms with Crippen molar-refractivity contribution in [1.82, 2.24) is 0 Å². The molecule has 0 aliphatic rings. The number of hydrogen-bond donors (Lipinski definition) is 2. The maximum absolute atomic E-state index is 10.6. The summed E-state index contributed by atoms with van der Waals surface area (Å²) < 4.78 is 0. The van der Waals surface area contributed by atoms with E-state index in [0.29, 0.717) is 0 Å². The van der Waals surface area contributed by atoms with Crippen molar-refractivity contribution in [3.8, 4) is 0 Å². The molecule has 0 radical (unpaired) electrons. The SMILES string of the molecule is CC/C=C/C(CC(=O)O)C(N)=O. The monoisotopic (exact) mass is 171 g/mol. The molecule has 0 aliphatic carbocycles. The van der Waals surface area contributed by atoms with E-state index in [-0.39, 0.29) is 6.42 Å². The Kier molecular flexibility index (Phi) is 4.76. The van der Waals surface area contributed by atoms with Crippen molar-refractivity contribution in [2.45, 2.75) is 19.8 Å². The maximum Gasteiger partial charge on any atom is 0.304 e. The highest BCUT2D eigenvalue weighted by Crippen LogP contribution is 2.04. The van der Waals surface area contributed by atoms with Gasteiger partial charge in [-0.2, -0.15) is 0 Å². The second kappa shape index (κ2) is 5.35. The Balaban J connectivity index is 4.14. The van der Waals surface area contributed by atoms with Gasteiger partial charge in [0, 0.05) is 0 Å². The summed E-state index contributed by atoms with van der Waals surface area (Å²) in [6, 6.07) is 0. The molecule has 4 heteroatoms. The summed E-state index contributed by atoms with van der Waals surface area (Å²) >= 11 is 0. The van der Waals surface area contributed by atoms with E-state index in [1.807, 2.05) is 6.92 Å². The topological polar surface area (TPSA) is 80.4 Å². The predicted molar refractivity (Wildman–Crippen MR) is 44.4 cm³/mol. The normalized spacial score (nSPS) is 13.1. The molecule has 0 spiro atoms. The maximum atomic E-state index is 10.6. The Labute approximate surface area is 71.1 Å². The van der Waals surface area contributed by atoms with Gasteiger partial charge in [0.25, 0.3) is 0 Å². The van der Waals surface area contributed by atoms with Gasteiger partial charge in [-0.25, -0.2) is 0 Å². The minimum atomic E-state index is -1.01. The summed E-state index contributed by atoms with van der Waals surface area (Å²) in [5.74, 6) is -2.29. The fourth-order valence-electron chi connectivity index (χ4n) is 0.752. The van der Waals surface area contributed by atoms with Crippen LogP contribution in [0.25, 0.3) is 0 Å². The number of hydrogen-bond acceptors (Lipinski definition) is 2. The lowest BCUT2D eigenvalue weighted by molar-refractivity contribution is -0.139. The Hall–Kier alpha value is -1.32. The summed E-state index contributed by atoms with van der Waals surface area (Å²) in [4.78, 5) is 20.9. The average Bonchev–Trinajstić information content (AvgIpc) is 1.96. The first-order chi connectivity index (χ1) is 5.57. The van der Waals surface area contributed by atoms with Crippen LogP contribution in [-0.4, -0.2) is 17.0 Å². The van der Waals surface area contributed by atoms with Gasteiger partial charge in [0.1, 0.15) is 0 Å². The van der Waals surface area contributed by atoms with E-state index in [1.54, 1.807) is 6.08 Å². The third kappa shape index (κ3) is 4.49. The van der Waals surface area contributed by atoms with Crippen LogP contribution in [0.4, 0.5) is 0 Å². The van der Waals surface area contributed by atoms with Crippen molar-refractivity contribution in [3.05, 3.63) is 12.2 Å². The highest BCUT2D eigenvalue weighted by Gasteiger charge is 2.14. The number of nitrogens with two attached hydrogens (primary N) is 1. The predicted octanol–water partition coefficient (Wildman–Crippen LogP) is 0.529. The summed E-state index contributed by atoms with van der Waals surface area (Å²) in [5.41, 5.74) is 4.97. The quantitative estimate of drug-likeness (QED) is 0.592. The first kappa shape index (κ1) is 10.7. The summed E-state index contributed by atoms with van der Waals surface area (Å²) in [6.07, 6.45) is 3.81. The van der Waals surface area contributed by atoms with E-state index in [4.69, 9.17) is 10.8 Å². The molecule has 4 nitrogen and oxygen atoms in total. The van der Waals surface area contributed by atoms with E-state index < -0.39 is 17.8 Å². The molecule has 3 N–H and O–H groups in total. The molecular weight excluding hydrogens is 158 g/mol. The number of carboxylic acids is 1. The van der Waals surface area contributed by atoms with Crippen LogP contribution in [0.3, 0.4) is 0 Å². The number of carbonyl (C=O) groups is 2. The number of primary amides is 1. The smallest absolute Gasteiger partial charge is 0.304 e. The second-order valence-corrected chi connectivity index (χ2v) is 2.44.